The zero-order valence-electron chi connectivity index (χ0n) is 16.4. The maximum Gasteiger partial charge on any atom is 0.246 e. The SMILES string of the molecule is CCOc1ccc(-c2noc(CNC(=S)Nc3ccc(OC)cc3OC)n2)cc1. The van der Waals surface area contributed by atoms with E-state index in [2.05, 4.69) is 20.8 Å². The molecule has 3 rings (SSSR count). The van der Waals surface area contributed by atoms with Gasteiger partial charge in [0.25, 0.3) is 0 Å². The number of rotatable bonds is 8. The second-order valence-corrected chi connectivity index (χ2v) is 6.25. The molecule has 8 nitrogen and oxygen atoms in total. The van der Waals surface area contributed by atoms with Crippen molar-refractivity contribution < 1.29 is 18.7 Å². The average Bonchev–Trinajstić information content (AvgIpc) is 3.22. The van der Waals surface area contributed by atoms with Gasteiger partial charge in [-0.2, -0.15) is 4.98 Å². The topological polar surface area (TPSA) is 90.7 Å². The lowest BCUT2D eigenvalue weighted by Crippen LogP contribution is -2.28. The van der Waals surface area contributed by atoms with Gasteiger partial charge in [-0.15, -0.1) is 0 Å². The Morgan fingerprint density at radius 2 is 1.83 bits per heavy atom. The van der Waals surface area contributed by atoms with Crippen LogP contribution in [0, 0.1) is 0 Å². The highest BCUT2D eigenvalue weighted by molar-refractivity contribution is 7.80. The molecule has 9 heteroatoms. The van der Waals surface area contributed by atoms with Crippen molar-refractivity contribution in [3.8, 4) is 28.6 Å². The molecule has 0 saturated carbocycles. The molecule has 3 aromatic rings. The van der Waals surface area contributed by atoms with Gasteiger partial charge in [0.05, 0.1) is 33.1 Å². The summed E-state index contributed by atoms with van der Waals surface area (Å²) in [6, 6.07) is 12.9. The van der Waals surface area contributed by atoms with Crippen LogP contribution in [0.15, 0.2) is 47.0 Å². The molecule has 0 atom stereocenters. The molecule has 1 aromatic heterocycles. The van der Waals surface area contributed by atoms with Crippen molar-refractivity contribution in [3.05, 3.63) is 48.4 Å². The van der Waals surface area contributed by atoms with Crippen molar-refractivity contribution in [2.45, 2.75) is 13.5 Å². The van der Waals surface area contributed by atoms with Crippen molar-refractivity contribution in [2.24, 2.45) is 0 Å². The molecule has 2 aromatic carbocycles. The van der Waals surface area contributed by atoms with Gasteiger partial charge >= 0.3 is 0 Å². The van der Waals surface area contributed by atoms with Gasteiger partial charge in [0.2, 0.25) is 11.7 Å². The molecule has 0 bridgehead atoms. The average molecular weight is 414 g/mol. The Kier molecular flexibility index (Phi) is 6.85. The summed E-state index contributed by atoms with van der Waals surface area (Å²) < 4.78 is 21.3. The minimum atomic E-state index is 0.286. The van der Waals surface area contributed by atoms with Crippen molar-refractivity contribution in [1.82, 2.24) is 15.5 Å². The zero-order chi connectivity index (χ0) is 20.6. The zero-order valence-corrected chi connectivity index (χ0v) is 17.2. The summed E-state index contributed by atoms with van der Waals surface area (Å²) in [5, 5.41) is 10.5. The van der Waals surface area contributed by atoms with E-state index in [1.54, 1.807) is 20.3 Å². The molecule has 0 spiro atoms. The van der Waals surface area contributed by atoms with Crippen LogP contribution in [-0.2, 0) is 6.54 Å². The molecular formula is C20H22N4O4S. The second-order valence-electron chi connectivity index (χ2n) is 5.84. The van der Waals surface area contributed by atoms with Crippen LogP contribution in [0.3, 0.4) is 0 Å². The van der Waals surface area contributed by atoms with Gasteiger partial charge in [-0.25, -0.2) is 0 Å². The van der Waals surface area contributed by atoms with E-state index in [0.29, 0.717) is 40.6 Å². The second kappa shape index (κ2) is 9.74. The summed E-state index contributed by atoms with van der Waals surface area (Å²) in [5.74, 6) is 3.02. The first-order valence-corrected chi connectivity index (χ1v) is 9.36. The van der Waals surface area contributed by atoms with Gasteiger partial charge in [0, 0.05) is 11.6 Å². The molecule has 0 unspecified atom stereocenters. The highest BCUT2D eigenvalue weighted by Gasteiger charge is 2.11. The normalized spacial score (nSPS) is 10.3. The number of ether oxygens (including phenoxy) is 3. The van der Waals surface area contributed by atoms with Crippen LogP contribution >= 0.6 is 12.2 Å². The Morgan fingerprint density at radius 3 is 2.52 bits per heavy atom. The third-order valence-corrected chi connectivity index (χ3v) is 4.20. The third-order valence-electron chi connectivity index (χ3n) is 3.95. The maximum atomic E-state index is 5.43. The van der Waals surface area contributed by atoms with Crippen LogP contribution in [0.4, 0.5) is 5.69 Å². The minimum absolute atomic E-state index is 0.286. The Morgan fingerprint density at radius 1 is 1.07 bits per heavy atom. The number of anilines is 1. The molecule has 2 N–H and O–H groups in total. The van der Waals surface area contributed by atoms with E-state index in [-0.39, 0.29) is 6.54 Å². The fraction of sp³-hybridized carbons (Fsp3) is 0.250. The fourth-order valence-electron chi connectivity index (χ4n) is 2.54. The molecule has 0 saturated heterocycles. The first kappa shape index (κ1) is 20.4. The van der Waals surface area contributed by atoms with E-state index in [0.717, 1.165) is 11.3 Å². The molecule has 29 heavy (non-hydrogen) atoms. The van der Waals surface area contributed by atoms with Crippen LogP contribution < -0.4 is 24.8 Å². The molecule has 1 heterocycles. The number of benzene rings is 2. The van der Waals surface area contributed by atoms with Crippen molar-refractivity contribution >= 4 is 23.0 Å². The van der Waals surface area contributed by atoms with Crippen LogP contribution in [0.1, 0.15) is 12.8 Å². The third kappa shape index (κ3) is 5.35. The van der Waals surface area contributed by atoms with Crippen molar-refractivity contribution in [2.75, 3.05) is 26.1 Å². The lowest BCUT2D eigenvalue weighted by Gasteiger charge is -2.13. The number of hydrogen-bond acceptors (Lipinski definition) is 7. The molecule has 0 aliphatic heterocycles. The van der Waals surface area contributed by atoms with E-state index in [4.69, 9.17) is 31.0 Å². The van der Waals surface area contributed by atoms with E-state index in [1.807, 2.05) is 43.3 Å². The standard InChI is InChI=1S/C20H22N4O4S/c1-4-27-14-7-5-13(6-8-14)19-23-18(28-24-19)12-21-20(29)22-16-10-9-15(25-2)11-17(16)26-3/h5-11H,4,12H2,1-3H3,(H2,21,22,29). The van der Waals surface area contributed by atoms with Gasteiger partial charge in [-0.3, -0.25) is 0 Å². The maximum absolute atomic E-state index is 5.43. The Hall–Kier alpha value is -3.33. The summed E-state index contributed by atoms with van der Waals surface area (Å²) in [5.41, 5.74) is 1.55. The summed E-state index contributed by atoms with van der Waals surface area (Å²) in [6.45, 7) is 2.85. The Labute approximate surface area is 174 Å². The van der Waals surface area contributed by atoms with Gasteiger partial charge < -0.3 is 29.4 Å². The molecule has 152 valence electrons. The van der Waals surface area contributed by atoms with Crippen LogP contribution in [-0.4, -0.2) is 36.1 Å². The molecule has 0 aliphatic rings. The van der Waals surface area contributed by atoms with E-state index in [1.165, 1.54) is 0 Å². The number of methoxy groups -OCH3 is 2. The van der Waals surface area contributed by atoms with Crippen LogP contribution in [0.5, 0.6) is 17.2 Å². The fourth-order valence-corrected chi connectivity index (χ4v) is 2.72. The first-order chi connectivity index (χ1) is 14.1. The van der Waals surface area contributed by atoms with E-state index in [9.17, 15) is 0 Å². The molecular weight excluding hydrogens is 392 g/mol. The first-order valence-electron chi connectivity index (χ1n) is 8.95. The summed E-state index contributed by atoms with van der Waals surface area (Å²) in [6.07, 6.45) is 0. The van der Waals surface area contributed by atoms with Gasteiger partial charge in [-0.05, 0) is 55.5 Å². The number of aromatic nitrogens is 2. The highest BCUT2D eigenvalue weighted by Crippen LogP contribution is 2.29. The highest BCUT2D eigenvalue weighted by atomic mass is 32.1. The minimum Gasteiger partial charge on any atom is -0.497 e. The quantitative estimate of drug-likeness (QED) is 0.536. The van der Waals surface area contributed by atoms with Crippen LogP contribution in [0.25, 0.3) is 11.4 Å². The number of hydrogen-bond donors (Lipinski definition) is 2. The summed E-state index contributed by atoms with van der Waals surface area (Å²) in [7, 11) is 3.18. The number of thiocarbonyl (C=S) groups is 1. The summed E-state index contributed by atoms with van der Waals surface area (Å²) in [4.78, 5) is 4.38. The predicted octanol–water partition coefficient (Wildman–Crippen LogP) is 3.64. The molecule has 0 amide bonds. The van der Waals surface area contributed by atoms with Crippen molar-refractivity contribution in [1.29, 1.82) is 0 Å². The smallest absolute Gasteiger partial charge is 0.246 e. The largest absolute Gasteiger partial charge is 0.497 e. The molecule has 0 aliphatic carbocycles. The lowest BCUT2D eigenvalue weighted by molar-refractivity contribution is 0.340. The summed E-state index contributed by atoms with van der Waals surface area (Å²) >= 11 is 5.33. The molecule has 0 radical (unpaired) electrons. The van der Waals surface area contributed by atoms with Crippen LogP contribution in [0.2, 0.25) is 0 Å². The van der Waals surface area contributed by atoms with Gasteiger partial charge in [-0.1, -0.05) is 5.16 Å². The Balaban J connectivity index is 1.57. The van der Waals surface area contributed by atoms with Crippen molar-refractivity contribution in [3.63, 3.8) is 0 Å². The molecule has 0 fully saturated rings. The predicted molar refractivity (Wildman–Crippen MR) is 114 cm³/mol. The van der Waals surface area contributed by atoms with E-state index >= 15 is 0 Å². The number of nitrogens with zero attached hydrogens (tertiary/aromatic N) is 2. The number of nitrogens with one attached hydrogen (secondary N) is 2. The monoisotopic (exact) mass is 414 g/mol. The lowest BCUT2D eigenvalue weighted by atomic mass is 10.2. The van der Waals surface area contributed by atoms with E-state index < -0.39 is 0 Å². The van der Waals surface area contributed by atoms with Gasteiger partial charge in [0.1, 0.15) is 17.2 Å². The Bertz CT molecular complexity index is 959. The van der Waals surface area contributed by atoms with Gasteiger partial charge in [0.15, 0.2) is 5.11 Å².